The molecule has 0 fully saturated rings. The maximum atomic E-state index is 9.88. The molecule has 3 aromatic rings. The van der Waals surface area contributed by atoms with Crippen molar-refractivity contribution in [2.24, 2.45) is 0 Å². The molecule has 4 heteroatoms. The van der Waals surface area contributed by atoms with E-state index in [9.17, 15) is 9.79 Å². The highest BCUT2D eigenvalue weighted by atomic mass is 31.2. The van der Waals surface area contributed by atoms with Gasteiger partial charge in [0.15, 0.2) is 0 Å². The second kappa shape index (κ2) is 16.0. The maximum Gasteiger partial charge on any atom is 0.391 e. The predicted molar refractivity (Wildman–Crippen MR) is 164 cm³/mol. The van der Waals surface area contributed by atoms with Crippen LogP contribution in [0.15, 0.2) is 54.6 Å². The van der Waals surface area contributed by atoms with Gasteiger partial charge in [-0.25, -0.2) is 0 Å². The minimum Gasteiger partial charge on any atom is -0.426 e. The number of benzene rings is 3. The normalized spacial score (nSPS) is 11.3. The van der Waals surface area contributed by atoms with E-state index in [-0.39, 0.29) is 0 Å². The molecule has 0 spiro atoms. The molecule has 0 aliphatic rings. The molecule has 0 saturated carbocycles. The molecule has 0 unspecified atom stereocenters. The molecule has 0 heterocycles. The van der Waals surface area contributed by atoms with E-state index in [4.69, 9.17) is 4.52 Å². The van der Waals surface area contributed by atoms with Crippen LogP contribution in [0.4, 0.5) is 0 Å². The van der Waals surface area contributed by atoms with Gasteiger partial charge in [0.25, 0.3) is 0 Å². The summed E-state index contributed by atoms with van der Waals surface area (Å²) < 4.78 is 5.69. The minimum absolute atomic E-state index is 0.536. The van der Waals surface area contributed by atoms with E-state index in [1.807, 2.05) is 12.1 Å². The van der Waals surface area contributed by atoms with Gasteiger partial charge in [-0.15, -0.1) is 0 Å². The third kappa shape index (κ3) is 8.40. The smallest absolute Gasteiger partial charge is 0.391 e. The number of hydrogen-bond donors (Lipinski definition) is 2. The van der Waals surface area contributed by atoms with Crippen LogP contribution in [0, 0.1) is 0 Å². The lowest BCUT2D eigenvalue weighted by Gasteiger charge is -2.21. The van der Waals surface area contributed by atoms with Gasteiger partial charge in [0, 0.05) is 5.56 Å². The molecular weight excluding hydrogens is 487 g/mol. The molecule has 206 valence electrons. The van der Waals surface area contributed by atoms with Gasteiger partial charge >= 0.3 is 8.60 Å². The van der Waals surface area contributed by atoms with Crippen molar-refractivity contribution in [3.63, 3.8) is 0 Å². The molecule has 3 aromatic carbocycles. The predicted octanol–water partition coefficient (Wildman–Crippen LogP) is 9.98. The summed E-state index contributed by atoms with van der Waals surface area (Å²) >= 11 is 0. The van der Waals surface area contributed by atoms with Crippen LogP contribution < -0.4 is 4.52 Å². The van der Waals surface area contributed by atoms with Crippen LogP contribution in [0.1, 0.15) is 101 Å². The van der Waals surface area contributed by atoms with Crippen molar-refractivity contribution >= 4 is 8.60 Å². The van der Waals surface area contributed by atoms with E-state index in [0.29, 0.717) is 5.75 Å². The van der Waals surface area contributed by atoms with Gasteiger partial charge in [0.2, 0.25) is 0 Å². The topological polar surface area (TPSA) is 49.7 Å². The molecule has 0 aliphatic heterocycles. The number of hydrogen-bond acceptors (Lipinski definition) is 3. The third-order valence-corrected chi connectivity index (χ3v) is 7.70. The van der Waals surface area contributed by atoms with E-state index < -0.39 is 8.60 Å². The molecule has 3 rings (SSSR count). The number of aryl methyl sites for hydroxylation is 4. The molecule has 0 aromatic heterocycles. The van der Waals surface area contributed by atoms with Gasteiger partial charge in [-0.2, -0.15) is 0 Å². The molecule has 0 atom stereocenters. The van der Waals surface area contributed by atoms with Gasteiger partial charge in [-0.3, -0.25) is 0 Å². The lowest BCUT2D eigenvalue weighted by Crippen LogP contribution is -2.00. The van der Waals surface area contributed by atoms with Crippen LogP contribution in [0.3, 0.4) is 0 Å². The second-order valence-electron chi connectivity index (χ2n) is 10.4. The Kier molecular flexibility index (Phi) is 12.8. The molecule has 2 N–H and O–H groups in total. The fourth-order valence-electron chi connectivity index (χ4n) is 5.22. The second-order valence-corrected chi connectivity index (χ2v) is 11.1. The fraction of sp³-hybridized carbons (Fsp3) is 0.471. The Balaban J connectivity index is 2.23. The maximum absolute atomic E-state index is 9.88. The van der Waals surface area contributed by atoms with Gasteiger partial charge in [0.1, 0.15) is 5.75 Å². The largest absolute Gasteiger partial charge is 0.426 e. The minimum atomic E-state index is -2.53. The van der Waals surface area contributed by atoms with Gasteiger partial charge in [-0.1, -0.05) is 102 Å². The first kappa shape index (κ1) is 30.4. The average Bonchev–Trinajstić information content (AvgIpc) is 2.92. The zero-order valence-corrected chi connectivity index (χ0v) is 24.8. The molecule has 0 amide bonds. The van der Waals surface area contributed by atoms with E-state index in [1.165, 1.54) is 53.5 Å². The Labute approximate surface area is 232 Å². The van der Waals surface area contributed by atoms with Gasteiger partial charge < -0.3 is 14.3 Å². The molecule has 38 heavy (non-hydrogen) atoms. The zero-order valence-electron chi connectivity index (χ0n) is 23.9. The Morgan fingerprint density at radius 2 is 1.08 bits per heavy atom. The summed E-state index contributed by atoms with van der Waals surface area (Å²) in [6.45, 7) is 8.95. The average molecular weight is 535 g/mol. The van der Waals surface area contributed by atoms with Crippen molar-refractivity contribution in [1.29, 1.82) is 0 Å². The Morgan fingerprint density at radius 3 is 1.61 bits per heavy atom. The number of unbranched alkanes of at least 4 members (excludes halogenated alkanes) is 4. The molecule has 0 saturated heterocycles. The van der Waals surface area contributed by atoms with Crippen molar-refractivity contribution in [2.45, 2.75) is 105 Å². The molecule has 0 bridgehead atoms. The quantitative estimate of drug-likeness (QED) is 0.180. The van der Waals surface area contributed by atoms with Crippen LogP contribution in [0.5, 0.6) is 5.75 Å². The summed E-state index contributed by atoms with van der Waals surface area (Å²) in [7, 11) is -2.53. The summed E-state index contributed by atoms with van der Waals surface area (Å²) in [5.74, 6) is 0.536. The fourth-order valence-corrected chi connectivity index (χ4v) is 5.55. The highest BCUT2D eigenvalue weighted by molar-refractivity contribution is 7.39. The van der Waals surface area contributed by atoms with Gasteiger partial charge in [0.05, 0.1) is 0 Å². The van der Waals surface area contributed by atoms with Gasteiger partial charge in [-0.05, 0) is 96.4 Å². The molecular formula is C34H47O3P. The van der Waals surface area contributed by atoms with Crippen molar-refractivity contribution in [2.75, 3.05) is 0 Å². The number of rotatable bonds is 16. The SMILES string of the molecule is CCCCc1ccc(-c2cccc(OP(O)O)c2-c2ccc(CCCC)cc2CCCC)c(CCCC)c1. The van der Waals surface area contributed by atoms with Crippen LogP contribution >= 0.6 is 8.60 Å². The van der Waals surface area contributed by atoms with E-state index >= 15 is 0 Å². The lowest BCUT2D eigenvalue weighted by molar-refractivity contribution is 0.375. The lowest BCUT2D eigenvalue weighted by atomic mass is 9.85. The Bertz CT molecular complexity index is 1140. The summed E-state index contributed by atoms with van der Waals surface area (Å²) in [4.78, 5) is 19.8. The summed E-state index contributed by atoms with van der Waals surface area (Å²) in [5.41, 5.74) is 9.87. The van der Waals surface area contributed by atoms with Crippen LogP contribution in [-0.2, 0) is 25.7 Å². The summed E-state index contributed by atoms with van der Waals surface area (Å²) in [5, 5.41) is 0. The first-order valence-corrected chi connectivity index (χ1v) is 15.9. The van der Waals surface area contributed by atoms with Crippen molar-refractivity contribution in [1.82, 2.24) is 0 Å². The summed E-state index contributed by atoms with van der Waals surface area (Å²) in [6.07, 6.45) is 13.5. The highest BCUT2D eigenvalue weighted by Crippen LogP contribution is 2.45. The van der Waals surface area contributed by atoms with Crippen molar-refractivity contribution in [3.8, 4) is 28.0 Å². The van der Waals surface area contributed by atoms with Crippen LogP contribution in [0.2, 0.25) is 0 Å². The van der Waals surface area contributed by atoms with E-state index in [0.717, 1.165) is 68.1 Å². The highest BCUT2D eigenvalue weighted by Gasteiger charge is 2.20. The molecule has 0 aliphatic carbocycles. The van der Waals surface area contributed by atoms with E-state index in [2.05, 4.69) is 70.2 Å². The van der Waals surface area contributed by atoms with Crippen LogP contribution in [0.25, 0.3) is 22.3 Å². The monoisotopic (exact) mass is 534 g/mol. The standard InChI is InChI=1S/C34H47O3P/c1-5-9-14-26-20-22-30(28(24-26)16-11-7-3)32-18-13-19-33(37-38(35)36)34(32)31-23-21-27(15-10-6-2)25-29(31)17-12-8-4/h13,18-25,35-36H,5-12,14-17H2,1-4H3. The summed E-state index contributed by atoms with van der Waals surface area (Å²) in [6, 6.07) is 19.8. The third-order valence-electron chi connectivity index (χ3n) is 7.34. The van der Waals surface area contributed by atoms with Crippen molar-refractivity contribution in [3.05, 3.63) is 76.9 Å². The Hall–Kier alpha value is -2.19. The van der Waals surface area contributed by atoms with E-state index in [1.54, 1.807) is 0 Å². The molecule has 3 nitrogen and oxygen atoms in total. The van der Waals surface area contributed by atoms with Crippen LogP contribution in [-0.4, -0.2) is 9.79 Å². The van der Waals surface area contributed by atoms with Crippen molar-refractivity contribution < 1.29 is 14.3 Å². The molecule has 0 radical (unpaired) electrons. The Morgan fingerprint density at radius 1 is 0.579 bits per heavy atom. The zero-order chi connectivity index (χ0) is 27.3. The first-order chi connectivity index (χ1) is 18.5. The first-order valence-electron chi connectivity index (χ1n) is 14.7.